The van der Waals surface area contributed by atoms with Crippen molar-refractivity contribution in [2.45, 2.75) is 40.0 Å². The summed E-state index contributed by atoms with van der Waals surface area (Å²) in [6.45, 7) is 10.3. The van der Waals surface area contributed by atoms with Gasteiger partial charge in [-0.25, -0.2) is 0 Å². The molecule has 2 aromatic carbocycles. The largest absolute Gasteiger partial charge is 0.0991 e. The molecule has 0 aliphatic carbocycles. The molecule has 0 saturated heterocycles. The third-order valence-corrected chi connectivity index (χ3v) is 4.61. The van der Waals surface area contributed by atoms with Gasteiger partial charge in [0, 0.05) is 0 Å². The van der Waals surface area contributed by atoms with E-state index in [1.54, 1.807) is 0 Å². The Morgan fingerprint density at radius 2 is 1.69 bits per heavy atom. The summed E-state index contributed by atoms with van der Waals surface area (Å²) >= 11 is 0. The molecule has 0 heteroatoms. The summed E-state index contributed by atoms with van der Waals surface area (Å²) in [5.41, 5.74) is 8.22. The van der Waals surface area contributed by atoms with E-state index in [4.69, 9.17) is 0 Å². The Hall–Kier alpha value is -2.60. The molecule has 0 atom stereocenters. The Morgan fingerprint density at radius 3 is 2.27 bits per heavy atom. The number of benzene rings is 2. The van der Waals surface area contributed by atoms with Crippen molar-refractivity contribution < 1.29 is 0 Å². The fourth-order valence-corrected chi connectivity index (χ4v) is 3.22. The van der Waals surface area contributed by atoms with E-state index < -0.39 is 0 Å². The first-order chi connectivity index (χ1) is 12.7. The zero-order chi connectivity index (χ0) is 18.8. The van der Waals surface area contributed by atoms with E-state index in [0.29, 0.717) is 0 Å². The average molecular weight is 343 g/mol. The quantitative estimate of drug-likeness (QED) is 0.436. The van der Waals surface area contributed by atoms with Crippen molar-refractivity contribution in [1.29, 1.82) is 0 Å². The van der Waals surface area contributed by atoms with Gasteiger partial charge in [0.25, 0.3) is 0 Å². The van der Waals surface area contributed by atoms with Crippen LogP contribution in [0.3, 0.4) is 0 Å². The third kappa shape index (κ3) is 5.74. The Bertz CT molecular complexity index is 784. The Morgan fingerprint density at radius 1 is 1.00 bits per heavy atom. The highest BCUT2D eigenvalue weighted by atomic mass is 14.2. The van der Waals surface area contributed by atoms with Crippen LogP contribution in [0.2, 0.25) is 0 Å². The van der Waals surface area contributed by atoms with E-state index in [1.165, 1.54) is 33.4 Å². The smallest absolute Gasteiger partial charge is 0.00202 e. The van der Waals surface area contributed by atoms with Crippen LogP contribution in [0.25, 0.3) is 5.57 Å². The molecule has 26 heavy (non-hydrogen) atoms. The van der Waals surface area contributed by atoms with E-state index in [0.717, 1.165) is 19.3 Å². The van der Waals surface area contributed by atoms with E-state index in [9.17, 15) is 0 Å². The highest BCUT2D eigenvalue weighted by molar-refractivity contribution is 5.71. The second-order valence-electron chi connectivity index (χ2n) is 6.62. The average Bonchev–Trinajstić information content (AvgIpc) is 2.66. The minimum absolute atomic E-state index is 0.961. The predicted molar refractivity (Wildman–Crippen MR) is 116 cm³/mol. The maximum Gasteiger partial charge on any atom is -0.00202 e. The topological polar surface area (TPSA) is 0 Å². The van der Waals surface area contributed by atoms with Gasteiger partial charge in [0.05, 0.1) is 0 Å². The number of hydrogen-bond donors (Lipinski definition) is 0. The summed E-state index contributed by atoms with van der Waals surface area (Å²) < 4.78 is 0. The highest BCUT2D eigenvalue weighted by Gasteiger charge is 2.11. The lowest BCUT2D eigenvalue weighted by molar-refractivity contribution is 0.997. The Balaban J connectivity index is 2.50. The molecular weight excluding hydrogens is 312 g/mol. The molecule has 0 nitrogen and oxygen atoms in total. The molecule has 0 heterocycles. The van der Waals surface area contributed by atoms with Gasteiger partial charge in [-0.15, -0.1) is 0 Å². The molecule has 0 saturated carbocycles. The summed E-state index contributed by atoms with van der Waals surface area (Å²) in [6.07, 6.45) is 11.3. The number of aryl methyl sites for hydroxylation is 1. The van der Waals surface area contributed by atoms with Crippen molar-refractivity contribution >= 4 is 5.57 Å². The van der Waals surface area contributed by atoms with Crippen LogP contribution in [0.15, 0.2) is 96.6 Å². The van der Waals surface area contributed by atoms with Gasteiger partial charge < -0.3 is 0 Å². The van der Waals surface area contributed by atoms with Gasteiger partial charge in [0.15, 0.2) is 0 Å². The van der Waals surface area contributed by atoms with Crippen LogP contribution >= 0.6 is 0 Å². The maximum atomic E-state index is 3.87. The van der Waals surface area contributed by atoms with Crippen molar-refractivity contribution in [2.75, 3.05) is 0 Å². The molecule has 0 N–H and O–H groups in total. The fourth-order valence-electron chi connectivity index (χ4n) is 3.22. The molecule has 0 fully saturated rings. The van der Waals surface area contributed by atoms with Crippen LogP contribution in [-0.2, 0) is 6.42 Å². The zero-order valence-electron chi connectivity index (χ0n) is 16.3. The first-order valence-electron chi connectivity index (χ1n) is 9.44. The van der Waals surface area contributed by atoms with Gasteiger partial charge in [-0.2, -0.15) is 0 Å². The molecule has 0 aromatic heterocycles. The Labute approximate surface area is 159 Å². The second-order valence-corrected chi connectivity index (χ2v) is 6.62. The van der Waals surface area contributed by atoms with E-state index >= 15 is 0 Å². The minimum atomic E-state index is 0.961. The van der Waals surface area contributed by atoms with Crippen LogP contribution in [0, 0.1) is 6.92 Å². The van der Waals surface area contributed by atoms with Gasteiger partial charge in [-0.05, 0) is 55.4 Å². The lowest BCUT2D eigenvalue weighted by atomic mass is 9.88. The van der Waals surface area contributed by atoms with Crippen LogP contribution in [0.1, 0.15) is 43.4 Å². The molecule has 0 aliphatic rings. The van der Waals surface area contributed by atoms with E-state index in [2.05, 4.69) is 100 Å². The zero-order valence-corrected chi connectivity index (χ0v) is 16.3. The van der Waals surface area contributed by atoms with Gasteiger partial charge in [0.1, 0.15) is 0 Å². The first-order valence-corrected chi connectivity index (χ1v) is 9.44. The Kier molecular flexibility index (Phi) is 7.89. The van der Waals surface area contributed by atoms with Crippen molar-refractivity contribution in [3.05, 3.63) is 113 Å². The normalized spacial score (nSPS) is 13.0. The monoisotopic (exact) mass is 342 g/mol. The molecule has 2 aromatic rings. The van der Waals surface area contributed by atoms with Crippen LogP contribution in [-0.4, -0.2) is 0 Å². The first kappa shape index (κ1) is 19.7. The molecule has 0 aliphatic heterocycles. The van der Waals surface area contributed by atoms with Crippen molar-refractivity contribution in [3.8, 4) is 0 Å². The maximum absolute atomic E-state index is 3.87. The van der Waals surface area contributed by atoms with Crippen LogP contribution in [0.4, 0.5) is 0 Å². The van der Waals surface area contributed by atoms with Crippen molar-refractivity contribution in [1.82, 2.24) is 0 Å². The standard InChI is InChI=1S/C26H30/c1-5-11-22(12-6-2)19-24(7-3)26(20-23-13-9-8-10-14-23)25-17-15-21(4)16-18-25/h5-6,8-18H,1,7,19-20H2,2-4H3/b12-6-,22-11+,26-24-. The predicted octanol–water partition coefficient (Wildman–Crippen LogP) is 7.48. The lowest BCUT2D eigenvalue weighted by Gasteiger charge is -2.17. The van der Waals surface area contributed by atoms with Crippen LogP contribution in [0.5, 0.6) is 0 Å². The van der Waals surface area contributed by atoms with E-state index in [-0.39, 0.29) is 0 Å². The number of rotatable bonds is 8. The number of hydrogen-bond acceptors (Lipinski definition) is 0. The summed E-state index contributed by atoms with van der Waals surface area (Å²) in [5, 5.41) is 0. The summed E-state index contributed by atoms with van der Waals surface area (Å²) in [6, 6.07) is 19.7. The molecule has 2 rings (SSSR count). The lowest BCUT2D eigenvalue weighted by Crippen LogP contribution is -1.98. The van der Waals surface area contributed by atoms with Gasteiger partial charge in [0.2, 0.25) is 0 Å². The summed E-state index contributed by atoms with van der Waals surface area (Å²) in [4.78, 5) is 0. The highest BCUT2D eigenvalue weighted by Crippen LogP contribution is 2.30. The van der Waals surface area contributed by atoms with Crippen LogP contribution < -0.4 is 0 Å². The SMILES string of the molecule is C=C/C=C(\C=C/C)C/C(CC)=C(/Cc1ccccc1)c1ccc(C)cc1. The van der Waals surface area contributed by atoms with Crippen molar-refractivity contribution in [3.63, 3.8) is 0 Å². The van der Waals surface area contributed by atoms with Gasteiger partial charge in [-0.3, -0.25) is 0 Å². The molecule has 0 unspecified atom stereocenters. The third-order valence-electron chi connectivity index (χ3n) is 4.61. The summed E-state index contributed by atoms with van der Waals surface area (Å²) in [7, 11) is 0. The fraction of sp³-hybridized carbons (Fsp3) is 0.231. The minimum Gasteiger partial charge on any atom is -0.0991 e. The molecule has 134 valence electrons. The molecule has 0 bridgehead atoms. The van der Waals surface area contributed by atoms with E-state index in [1.807, 2.05) is 6.08 Å². The van der Waals surface area contributed by atoms with Gasteiger partial charge >= 0.3 is 0 Å². The van der Waals surface area contributed by atoms with Crippen molar-refractivity contribution in [2.24, 2.45) is 0 Å². The van der Waals surface area contributed by atoms with Gasteiger partial charge in [-0.1, -0.05) is 104 Å². The molecule has 0 spiro atoms. The molecule has 0 radical (unpaired) electrons. The molecular formula is C26H30. The second kappa shape index (κ2) is 10.4. The molecule has 0 amide bonds. The summed E-state index contributed by atoms with van der Waals surface area (Å²) in [5.74, 6) is 0. The number of allylic oxidation sites excluding steroid dienone is 7.